The van der Waals surface area contributed by atoms with Crippen molar-refractivity contribution in [3.8, 4) is 0 Å². The monoisotopic (exact) mass is 908 g/mol. The molecule has 0 aliphatic heterocycles. The van der Waals surface area contributed by atoms with Crippen molar-refractivity contribution < 1.29 is 38.2 Å². The third-order valence-electron chi connectivity index (χ3n) is 11.3. The van der Waals surface area contributed by atoms with Crippen LogP contribution < -0.4 is 5.11 Å². The second kappa shape index (κ2) is 47.0. The van der Waals surface area contributed by atoms with E-state index in [1.165, 1.54) is 103 Å². The van der Waals surface area contributed by atoms with Crippen molar-refractivity contribution in [2.24, 2.45) is 0 Å². The molecule has 65 heavy (non-hydrogen) atoms. The van der Waals surface area contributed by atoms with Gasteiger partial charge < -0.3 is 28.6 Å². The lowest BCUT2D eigenvalue weighted by molar-refractivity contribution is -0.889. The van der Waals surface area contributed by atoms with Crippen molar-refractivity contribution >= 4 is 17.9 Å². The number of rotatable bonds is 46. The molecule has 0 spiro atoms. The number of ether oxygens (including phenoxy) is 3. The number of carboxylic acid groups (broad SMARTS) is 1. The number of hydrogen-bond acceptors (Lipinski definition) is 7. The van der Waals surface area contributed by atoms with Gasteiger partial charge in [-0.15, -0.1) is 0 Å². The molecule has 0 aliphatic carbocycles. The summed E-state index contributed by atoms with van der Waals surface area (Å²) in [5, 5.41) is 11.7. The lowest BCUT2D eigenvalue weighted by atomic mass is 10.1. The van der Waals surface area contributed by atoms with Gasteiger partial charge in [-0.25, -0.2) is 0 Å². The van der Waals surface area contributed by atoms with Gasteiger partial charge in [-0.1, -0.05) is 189 Å². The van der Waals surface area contributed by atoms with Crippen LogP contribution >= 0.6 is 0 Å². The van der Waals surface area contributed by atoms with Crippen molar-refractivity contribution in [1.82, 2.24) is 0 Å². The number of carbonyl (C=O) groups excluding carboxylic acids is 3. The molecule has 2 atom stereocenters. The molecule has 0 fully saturated rings. The third-order valence-corrected chi connectivity index (χ3v) is 11.3. The van der Waals surface area contributed by atoms with Gasteiger partial charge in [0.15, 0.2) is 6.10 Å². The summed E-state index contributed by atoms with van der Waals surface area (Å²) in [7, 11) is 5.39. The number of carbonyl (C=O) groups is 3. The van der Waals surface area contributed by atoms with Gasteiger partial charge in [-0.2, -0.15) is 0 Å². The summed E-state index contributed by atoms with van der Waals surface area (Å²) in [5.74, 6) is -1.82. The molecule has 0 saturated carbocycles. The maximum Gasteiger partial charge on any atom is 0.306 e. The van der Waals surface area contributed by atoms with Crippen LogP contribution in [0.4, 0.5) is 0 Å². The zero-order valence-electron chi connectivity index (χ0n) is 42.4. The summed E-state index contributed by atoms with van der Waals surface area (Å²) in [6, 6.07) is -0.740. The maximum atomic E-state index is 12.8. The molecule has 0 aromatic rings. The summed E-state index contributed by atoms with van der Waals surface area (Å²) < 4.78 is 17.2. The Hall–Kier alpha value is -3.49. The SMILES string of the molecule is CC/C=C/C/C=C/C/C=C/C/C=C/C/C=C/C/C=C/CCCC(=O)OCC(COCCC(C(=O)[O-])[N+](C)(C)C)OC(=O)CCCCCCCCC/C=C/CCCCCCCCCCCC. The molecule has 0 saturated heterocycles. The van der Waals surface area contributed by atoms with Crippen molar-refractivity contribution in [3.63, 3.8) is 0 Å². The highest BCUT2D eigenvalue weighted by Crippen LogP contribution is 2.14. The molecule has 0 aromatic carbocycles. The second-order valence-corrected chi connectivity index (χ2v) is 18.4. The minimum Gasteiger partial charge on any atom is -0.544 e. The lowest BCUT2D eigenvalue weighted by Gasteiger charge is -2.34. The molecule has 0 radical (unpaired) electrons. The van der Waals surface area contributed by atoms with Crippen LogP contribution in [0, 0.1) is 0 Å². The molecule has 0 bridgehead atoms. The second-order valence-electron chi connectivity index (χ2n) is 18.4. The first-order chi connectivity index (χ1) is 31.6. The van der Waals surface area contributed by atoms with Crippen LogP contribution in [0.25, 0.3) is 0 Å². The highest BCUT2D eigenvalue weighted by atomic mass is 16.6. The molecule has 0 aliphatic rings. The van der Waals surface area contributed by atoms with Gasteiger partial charge in [0.05, 0.1) is 40.3 Å². The highest BCUT2D eigenvalue weighted by molar-refractivity contribution is 5.70. The van der Waals surface area contributed by atoms with Gasteiger partial charge >= 0.3 is 11.9 Å². The van der Waals surface area contributed by atoms with E-state index < -0.39 is 18.1 Å². The fraction of sp³-hybridized carbons (Fsp3) is 0.702. The van der Waals surface area contributed by atoms with Gasteiger partial charge in [0.25, 0.3) is 0 Å². The fourth-order valence-corrected chi connectivity index (χ4v) is 7.25. The number of carboxylic acids is 1. The molecular formula is C57H97NO7. The van der Waals surface area contributed by atoms with Crippen molar-refractivity contribution in [1.29, 1.82) is 0 Å². The van der Waals surface area contributed by atoms with Crippen LogP contribution in [0.2, 0.25) is 0 Å². The summed E-state index contributed by atoms with van der Waals surface area (Å²) in [6.45, 7) is 4.49. The van der Waals surface area contributed by atoms with Crippen molar-refractivity contribution in [2.45, 2.75) is 219 Å². The van der Waals surface area contributed by atoms with Crippen LogP contribution in [-0.2, 0) is 28.6 Å². The largest absolute Gasteiger partial charge is 0.544 e. The summed E-state index contributed by atoms with van der Waals surface area (Å²) in [4.78, 5) is 37.0. The van der Waals surface area contributed by atoms with Gasteiger partial charge in [0.1, 0.15) is 12.6 Å². The molecule has 372 valence electrons. The van der Waals surface area contributed by atoms with Crippen LogP contribution in [0.1, 0.15) is 206 Å². The van der Waals surface area contributed by atoms with Crippen LogP contribution in [0.3, 0.4) is 0 Å². The Kier molecular flexibility index (Phi) is 44.5. The summed E-state index contributed by atoms with van der Waals surface area (Å²) in [6.07, 6.45) is 62.0. The van der Waals surface area contributed by atoms with Gasteiger partial charge in [-0.3, -0.25) is 9.59 Å². The Labute approximate surface area is 399 Å². The number of esters is 2. The summed E-state index contributed by atoms with van der Waals surface area (Å²) in [5.41, 5.74) is 0. The smallest absolute Gasteiger partial charge is 0.306 e. The number of likely N-dealkylation sites (N-methyl/N-ethyl adjacent to an activating group) is 1. The molecule has 0 amide bonds. The van der Waals surface area contributed by atoms with Gasteiger partial charge in [0, 0.05) is 19.3 Å². The minimum atomic E-state index is -1.13. The molecule has 2 unspecified atom stereocenters. The highest BCUT2D eigenvalue weighted by Gasteiger charge is 2.25. The number of nitrogens with zero attached hydrogens (tertiary/aromatic N) is 1. The molecule has 8 heteroatoms. The van der Waals surface area contributed by atoms with E-state index in [-0.39, 0.29) is 49.1 Å². The van der Waals surface area contributed by atoms with Crippen LogP contribution in [0.5, 0.6) is 0 Å². The average molecular weight is 908 g/mol. The molecular weight excluding hydrogens is 811 g/mol. The molecule has 0 rings (SSSR count). The van der Waals surface area contributed by atoms with Gasteiger partial charge in [0.2, 0.25) is 0 Å². The Balaban J connectivity index is 4.35. The first-order valence-corrected chi connectivity index (χ1v) is 26.1. The average Bonchev–Trinajstić information content (AvgIpc) is 3.27. The van der Waals surface area contributed by atoms with E-state index in [0.29, 0.717) is 12.8 Å². The minimum absolute atomic E-state index is 0.0168. The third kappa shape index (κ3) is 45.5. The number of quaternary nitrogens is 1. The number of hydrogen-bond donors (Lipinski definition) is 0. The molecule has 0 aromatic heterocycles. The van der Waals surface area contributed by atoms with E-state index in [9.17, 15) is 19.5 Å². The Morgan fingerprint density at radius 1 is 0.477 bits per heavy atom. The molecule has 0 N–H and O–H groups in total. The Morgan fingerprint density at radius 3 is 1.34 bits per heavy atom. The topological polar surface area (TPSA) is 102 Å². The zero-order valence-corrected chi connectivity index (χ0v) is 42.4. The lowest BCUT2D eigenvalue weighted by Crippen LogP contribution is -2.55. The van der Waals surface area contributed by atoms with E-state index >= 15 is 0 Å². The van der Waals surface area contributed by atoms with Crippen LogP contribution in [-0.4, -0.2) is 75.5 Å². The maximum absolute atomic E-state index is 12.8. The predicted molar refractivity (Wildman–Crippen MR) is 272 cm³/mol. The quantitative estimate of drug-likeness (QED) is 0.0259. The molecule has 0 heterocycles. The van der Waals surface area contributed by atoms with Crippen LogP contribution in [0.15, 0.2) is 85.1 Å². The first-order valence-electron chi connectivity index (χ1n) is 26.1. The number of allylic oxidation sites excluding steroid dienone is 14. The van der Waals surface area contributed by atoms with E-state index in [4.69, 9.17) is 14.2 Å². The van der Waals surface area contributed by atoms with E-state index in [1.807, 2.05) is 0 Å². The van der Waals surface area contributed by atoms with Crippen molar-refractivity contribution in [2.75, 3.05) is 41.0 Å². The van der Waals surface area contributed by atoms with E-state index in [1.54, 1.807) is 21.1 Å². The standard InChI is InChI=1S/C57H97NO7/c1-6-8-10-12-14-16-18-20-22-24-26-28-30-32-34-36-38-40-42-44-46-48-56(60)65-53(51-63-50-49-54(57(61)62)58(3,4)5)52-64-55(59)47-45-43-41-39-37-35-33-31-29-27-25-23-21-19-17-15-13-11-9-7-2/h9,11,15,17,21,23,27-30,33,35,39,41,53-54H,6-8,10,12-14,16,18-20,22,24-26,31-32,34,36-38,40,42-52H2,1-5H3/b11-9+,17-15+,23-21+,29-27+,30-28+,35-33+,41-39+. The van der Waals surface area contributed by atoms with E-state index in [0.717, 1.165) is 64.2 Å². The summed E-state index contributed by atoms with van der Waals surface area (Å²) >= 11 is 0. The predicted octanol–water partition coefficient (Wildman–Crippen LogP) is 13.9. The normalized spacial score (nSPS) is 13.6. The van der Waals surface area contributed by atoms with Gasteiger partial charge in [-0.05, 0) is 83.5 Å². The fourth-order valence-electron chi connectivity index (χ4n) is 7.25. The molecule has 8 nitrogen and oxygen atoms in total. The number of unbranched alkanes of at least 4 members (excludes halogenated alkanes) is 18. The van der Waals surface area contributed by atoms with Crippen molar-refractivity contribution in [3.05, 3.63) is 85.1 Å². The zero-order chi connectivity index (χ0) is 47.7. The Morgan fingerprint density at radius 2 is 0.877 bits per heavy atom. The van der Waals surface area contributed by atoms with E-state index in [2.05, 4.69) is 98.9 Å². The Bertz CT molecular complexity index is 1330. The first kappa shape index (κ1) is 61.5. The number of aliphatic carboxylic acids is 1.